The molecule has 8 heteroatoms. The molecule has 7 nitrogen and oxygen atoms in total. The van der Waals surface area contributed by atoms with Gasteiger partial charge in [-0.05, 0) is 50.2 Å². The fourth-order valence-corrected chi connectivity index (χ4v) is 3.00. The monoisotopic (exact) mass is 411 g/mol. The number of ether oxygens (including phenoxy) is 1. The molecule has 0 aliphatic heterocycles. The first kappa shape index (κ1) is 20.3. The van der Waals surface area contributed by atoms with Gasteiger partial charge in [-0.25, -0.2) is 4.79 Å². The first-order chi connectivity index (χ1) is 13.8. The Balaban J connectivity index is 1.63. The van der Waals surface area contributed by atoms with Gasteiger partial charge < -0.3 is 15.0 Å². The van der Waals surface area contributed by atoms with Crippen LogP contribution >= 0.6 is 11.6 Å². The van der Waals surface area contributed by atoms with Gasteiger partial charge >= 0.3 is 11.7 Å². The molecule has 0 saturated heterocycles. The Bertz CT molecular complexity index is 1100. The number of benzene rings is 2. The number of hydrogen-bond donors (Lipinski definition) is 2. The van der Waals surface area contributed by atoms with Crippen LogP contribution in [-0.2, 0) is 11.2 Å². The van der Waals surface area contributed by atoms with Gasteiger partial charge in [0.1, 0.15) is 5.75 Å². The number of nitrogens with zero attached hydrogens (tertiary/aromatic N) is 1. The van der Waals surface area contributed by atoms with Crippen molar-refractivity contribution in [3.05, 3.63) is 86.6 Å². The smallest absolute Gasteiger partial charge is 0.345 e. The molecule has 3 rings (SSSR count). The van der Waals surface area contributed by atoms with Crippen molar-refractivity contribution in [3.8, 4) is 5.75 Å². The first-order valence-corrected chi connectivity index (χ1v) is 9.14. The number of aryl methyl sites for hydroxylation is 2. The molecule has 0 aliphatic rings. The maximum absolute atomic E-state index is 12.3. The van der Waals surface area contributed by atoms with Crippen LogP contribution in [0.5, 0.6) is 5.75 Å². The molecule has 0 saturated carbocycles. The highest BCUT2D eigenvalue weighted by molar-refractivity contribution is 6.34. The first-order valence-electron chi connectivity index (χ1n) is 8.76. The molecular formula is C21H18ClN3O4. The second kappa shape index (κ2) is 8.70. The molecule has 0 unspecified atom stereocenters. The molecule has 148 valence electrons. The molecule has 29 heavy (non-hydrogen) atoms. The summed E-state index contributed by atoms with van der Waals surface area (Å²) in [6, 6.07) is 13.1. The van der Waals surface area contributed by atoms with Gasteiger partial charge in [-0.15, -0.1) is 0 Å². The van der Waals surface area contributed by atoms with Crippen molar-refractivity contribution in [2.45, 2.75) is 20.3 Å². The standard InChI is InChI=1S/C21H18ClN3O4/c1-12-17(13(2)24-21(28)23-12)11-19(26)29-15-9-7-14(8-10-15)25-20(27)16-5-3-4-6-18(16)22/h3-10H,11H2,1-2H3,(H,25,27)(H,23,24,28). The van der Waals surface area contributed by atoms with Crippen molar-refractivity contribution >= 4 is 29.2 Å². The van der Waals surface area contributed by atoms with E-state index in [-0.39, 0.29) is 12.3 Å². The summed E-state index contributed by atoms with van der Waals surface area (Å²) in [4.78, 5) is 42.2. The van der Waals surface area contributed by atoms with E-state index in [1.807, 2.05) is 0 Å². The SMILES string of the molecule is Cc1nc(=O)[nH]c(C)c1CC(=O)Oc1ccc(NC(=O)c2ccccc2Cl)cc1. The third-order valence-electron chi connectivity index (χ3n) is 4.24. The van der Waals surface area contributed by atoms with Crippen molar-refractivity contribution in [1.29, 1.82) is 0 Å². The van der Waals surface area contributed by atoms with E-state index < -0.39 is 11.7 Å². The lowest BCUT2D eigenvalue weighted by atomic mass is 10.1. The summed E-state index contributed by atoms with van der Waals surface area (Å²) < 4.78 is 5.33. The summed E-state index contributed by atoms with van der Waals surface area (Å²) in [5, 5.41) is 3.09. The van der Waals surface area contributed by atoms with Crippen LogP contribution in [0.25, 0.3) is 0 Å². The largest absolute Gasteiger partial charge is 0.426 e. The van der Waals surface area contributed by atoms with Crippen LogP contribution in [0.15, 0.2) is 53.3 Å². The van der Waals surface area contributed by atoms with Crippen LogP contribution in [0.4, 0.5) is 5.69 Å². The van der Waals surface area contributed by atoms with E-state index in [1.54, 1.807) is 62.4 Å². The number of esters is 1. The van der Waals surface area contributed by atoms with Crippen LogP contribution in [0.3, 0.4) is 0 Å². The van der Waals surface area contributed by atoms with Gasteiger partial charge in [-0.3, -0.25) is 9.59 Å². The van der Waals surface area contributed by atoms with Gasteiger partial charge in [0.2, 0.25) is 0 Å². The number of amides is 1. The van der Waals surface area contributed by atoms with E-state index in [1.165, 1.54) is 0 Å². The maximum Gasteiger partial charge on any atom is 0.345 e. The number of aromatic nitrogens is 2. The molecule has 1 heterocycles. The molecule has 0 radical (unpaired) electrons. The molecule has 0 bridgehead atoms. The molecule has 0 fully saturated rings. The summed E-state index contributed by atoms with van der Waals surface area (Å²) >= 11 is 6.02. The van der Waals surface area contributed by atoms with Crippen LogP contribution in [0, 0.1) is 13.8 Å². The van der Waals surface area contributed by atoms with E-state index in [4.69, 9.17) is 16.3 Å². The summed E-state index contributed by atoms with van der Waals surface area (Å²) in [7, 11) is 0. The molecule has 2 N–H and O–H groups in total. The Morgan fingerprint density at radius 3 is 2.45 bits per heavy atom. The zero-order valence-corrected chi connectivity index (χ0v) is 16.5. The molecule has 1 amide bonds. The fraction of sp³-hybridized carbons (Fsp3) is 0.143. The number of hydrogen-bond acceptors (Lipinski definition) is 5. The second-order valence-electron chi connectivity index (χ2n) is 6.34. The van der Waals surface area contributed by atoms with Crippen molar-refractivity contribution in [2.75, 3.05) is 5.32 Å². The number of nitrogens with one attached hydrogen (secondary N) is 2. The van der Waals surface area contributed by atoms with E-state index in [9.17, 15) is 14.4 Å². The Morgan fingerprint density at radius 1 is 1.10 bits per heavy atom. The van der Waals surface area contributed by atoms with Gasteiger partial charge in [-0.1, -0.05) is 23.7 Å². The molecule has 1 aromatic heterocycles. The highest BCUT2D eigenvalue weighted by atomic mass is 35.5. The third-order valence-corrected chi connectivity index (χ3v) is 4.57. The van der Waals surface area contributed by atoms with Crippen LogP contribution < -0.4 is 15.7 Å². The minimum Gasteiger partial charge on any atom is -0.426 e. The lowest BCUT2D eigenvalue weighted by Crippen LogP contribution is -2.20. The second-order valence-corrected chi connectivity index (χ2v) is 6.75. The fourth-order valence-electron chi connectivity index (χ4n) is 2.78. The molecule has 2 aromatic carbocycles. The van der Waals surface area contributed by atoms with Gasteiger partial charge in [-0.2, -0.15) is 4.98 Å². The predicted octanol–water partition coefficient (Wildman–Crippen LogP) is 3.44. The summed E-state index contributed by atoms with van der Waals surface area (Å²) in [6.07, 6.45) is -0.0214. The van der Waals surface area contributed by atoms with Crippen LogP contribution in [-0.4, -0.2) is 21.8 Å². The Hall–Kier alpha value is -3.45. The minimum absolute atomic E-state index is 0.0214. The normalized spacial score (nSPS) is 10.4. The number of anilines is 1. The Kier molecular flexibility index (Phi) is 6.09. The topological polar surface area (TPSA) is 101 Å². The molecule has 3 aromatic rings. The number of carbonyl (C=O) groups excluding carboxylic acids is 2. The van der Waals surface area contributed by atoms with Gasteiger partial charge in [0.05, 0.1) is 17.0 Å². The maximum atomic E-state index is 12.3. The molecule has 0 aliphatic carbocycles. The molecule has 0 atom stereocenters. The lowest BCUT2D eigenvalue weighted by Gasteiger charge is -2.10. The Morgan fingerprint density at radius 2 is 1.79 bits per heavy atom. The number of carbonyl (C=O) groups is 2. The quantitative estimate of drug-likeness (QED) is 0.494. The number of aromatic amines is 1. The van der Waals surface area contributed by atoms with Crippen molar-refractivity contribution in [2.24, 2.45) is 0 Å². The zero-order valence-electron chi connectivity index (χ0n) is 15.8. The van der Waals surface area contributed by atoms with Crippen molar-refractivity contribution in [3.63, 3.8) is 0 Å². The van der Waals surface area contributed by atoms with Gasteiger partial charge in [0.25, 0.3) is 5.91 Å². The highest BCUT2D eigenvalue weighted by Gasteiger charge is 2.14. The number of halogens is 1. The average Bonchev–Trinajstić information content (AvgIpc) is 2.66. The van der Waals surface area contributed by atoms with E-state index >= 15 is 0 Å². The minimum atomic E-state index is -0.488. The van der Waals surface area contributed by atoms with Gasteiger partial charge in [0, 0.05) is 22.6 Å². The molecule has 0 spiro atoms. The lowest BCUT2D eigenvalue weighted by molar-refractivity contribution is -0.133. The van der Waals surface area contributed by atoms with E-state index in [0.29, 0.717) is 39.0 Å². The Labute approximate surface area is 171 Å². The highest BCUT2D eigenvalue weighted by Crippen LogP contribution is 2.20. The van der Waals surface area contributed by atoms with Gasteiger partial charge in [0.15, 0.2) is 0 Å². The average molecular weight is 412 g/mol. The predicted molar refractivity (Wildman–Crippen MR) is 110 cm³/mol. The van der Waals surface area contributed by atoms with Crippen LogP contribution in [0.1, 0.15) is 27.3 Å². The van der Waals surface area contributed by atoms with Crippen LogP contribution in [0.2, 0.25) is 5.02 Å². The number of H-pyrrole nitrogens is 1. The summed E-state index contributed by atoms with van der Waals surface area (Å²) in [5.74, 6) is -0.492. The van der Waals surface area contributed by atoms with E-state index in [2.05, 4.69) is 15.3 Å². The van der Waals surface area contributed by atoms with Crippen molar-refractivity contribution in [1.82, 2.24) is 9.97 Å². The zero-order chi connectivity index (χ0) is 21.0. The third kappa shape index (κ3) is 5.08. The number of rotatable bonds is 5. The summed E-state index contributed by atoms with van der Waals surface area (Å²) in [5.41, 5.74) is 2.14. The van der Waals surface area contributed by atoms with Crippen molar-refractivity contribution < 1.29 is 14.3 Å². The summed E-state index contributed by atoms with van der Waals surface area (Å²) in [6.45, 7) is 3.37. The van der Waals surface area contributed by atoms with E-state index in [0.717, 1.165) is 0 Å². The molecular weight excluding hydrogens is 394 g/mol.